The molecule has 0 aromatic heterocycles. The van der Waals surface area contributed by atoms with E-state index in [4.69, 9.17) is 0 Å². The standard InChI is InChI=1S/C12H20O/c1-3-5-10-7-8-12(13)9-11(10)6-4-2/h3-9H2,1-2H3. The van der Waals surface area contributed by atoms with Crippen LogP contribution in [0.5, 0.6) is 0 Å². The highest BCUT2D eigenvalue weighted by atomic mass is 16.1. The first kappa shape index (κ1) is 10.5. The smallest absolute Gasteiger partial charge is 0.137 e. The Labute approximate surface area is 81.2 Å². The van der Waals surface area contributed by atoms with Gasteiger partial charge in [-0.2, -0.15) is 0 Å². The van der Waals surface area contributed by atoms with Gasteiger partial charge in [0.25, 0.3) is 0 Å². The maximum Gasteiger partial charge on any atom is 0.137 e. The van der Waals surface area contributed by atoms with Crippen molar-refractivity contribution in [3.8, 4) is 0 Å². The normalized spacial score (nSPS) is 18.2. The second-order valence-electron chi connectivity index (χ2n) is 3.92. The number of carbonyl (C=O) groups excluding carboxylic acids is 1. The second kappa shape index (κ2) is 5.21. The van der Waals surface area contributed by atoms with Crippen LogP contribution >= 0.6 is 0 Å². The van der Waals surface area contributed by atoms with Crippen molar-refractivity contribution in [2.24, 2.45) is 0 Å². The Bertz CT molecular complexity index is 213. The van der Waals surface area contributed by atoms with Crippen LogP contribution in [0.2, 0.25) is 0 Å². The number of Topliss-reactive ketones (excluding diaryl/α,β-unsaturated/α-hetero) is 1. The Morgan fingerprint density at radius 3 is 2.23 bits per heavy atom. The molecule has 1 nitrogen and oxygen atoms in total. The van der Waals surface area contributed by atoms with E-state index in [1.54, 1.807) is 5.57 Å². The van der Waals surface area contributed by atoms with Crippen LogP contribution in [-0.2, 0) is 4.79 Å². The van der Waals surface area contributed by atoms with Gasteiger partial charge in [0.05, 0.1) is 0 Å². The molecule has 0 aliphatic heterocycles. The SMILES string of the molecule is CCCC1=C(CCC)CC(=O)CC1. The highest BCUT2D eigenvalue weighted by Gasteiger charge is 2.16. The maximum absolute atomic E-state index is 11.3. The molecule has 0 fully saturated rings. The molecule has 1 aliphatic carbocycles. The molecule has 0 amide bonds. The molecule has 0 saturated heterocycles. The lowest BCUT2D eigenvalue weighted by Crippen LogP contribution is -2.09. The van der Waals surface area contributed by atoms with E-state index in [1.807, 2.05) is 0 Å². The van der Waals surface area contributed by atoms with Gasteiger partial charge in [0, 0.05) is 12.8 Å². The maximum atomic E-state index is 11.3. The van der Waals surface area contributed by atoms with E-state index in [0.29, 0.717) is 5.78 Å². The van der Waals surface area contributed by atoms with E-state index in [9.17, 15) is 4.79 Å². The molecule has 0 bridgehead atoms. The lowest BCUT2D eigenvalue weighted by molar-refractivity contribution is -0.118. The molecule has 0 radical (unpaired) electrons. The third-order valence-corrected chi connectivity index (χ3v) is 2.72. The van der Waals surface area contributed by atoms with Gasteiger partial charge in [0.15, 0.2) is 0 Å². The fourth-order valence-electron chi connectivity index (χ4n) is 2.09. The van der Waals surface area contributed by atoms with Crippen LogP contribution in [0.4, 0.5) is 0 Å². The minimum Gasteiger partial charge on any atom is -0.299 e. The summed E-state index contributed by atoms with van der Waals surface area (Å²) in [6.45, 7) is 4.41. The lowest BCUT2D eigenvalue weighted by atomic mass is 9.86. The van der Waals surface area contributed by atoms with E-state index in [-0.39, 0.29) is 0 Å². The largest absolute Gasteiger partial charge is 0.299 e. The van der Waals surface area contributed by atoms with Gasteiger partial charge in [-0.15, -0.1) is 0 Å². The minimum absolute atomic E-state index is 0.448. The third-order valence-electron chi connectivity index (χ3n) is 2.72. The van der Waals surface area contributed by atoms with Crippen molar-refractivity contribution in [3.63, 3.8) is 0 Å². The number of ketones is 1. The molecule has 0 heterocycles. The lowest BCUT2D eigenvalue weighted by Gasteiger charge is -2.19. The fourth-order valence-corrected chi connectivity index (χ4v) is 2.09. The summed E-state index contributed by atoms with van der Waals surface area (Å²) in [5.41, 5.74) is 3.05. The molecule has 0 unspecified atom stereocenters. The van der Waals surface area contributed by atoms with E-state index in [1.165, 1.54) is 24.8 Å². The molecule has 1 rings (SSSR count). The molecule has 13 heavy (non-hydrogen) atoms. The number of rotatable bonds is 4. The third kappa shape index (κ3) is 2.98. The summed E-state index contributed by atoms with van der Waals surface area (Å²) < 4.78 is 0. The average Bonchev–Trinajstić information content (AvgIpc) is 2.10. The van der Waals surface area contributed by atoms with Crippen LogP contribution in [0.3, 0.4) is 0 Å². The summed E-state index contributed by atoms with van der Waals surface area (Å²) in [5.74, 6) is 0.448. The zero-order valence-corrected chi connectivity index (χ0v) is 8.86. The van der Waals surface area contributed by atoms with Gasteiger partial charge >= 0.3 is 0 Å². The second-order valence-corrected chi connectivity index (χ2v) is 3.92. The van der Waals surface area contributed by atoms with E-state index in [0.717, 1.165) is 25.7 Å². The Morgan fingerprint density at radius 1 is 1.00 bits per heavy atom. The first-order chi connectivity index (χ1) is 6.27. The number of allylic oxidation sites excluding steroid dienone is 2. The van der Waals surface area contributed by atoms with Crippen molar-refractivity contribution in [2.45, 2.75) is 58.8 Å². The minimum atomic E-state index is 0.448. The zero-order chi connectivity index (χ0) is 9.68. The Balaban J connectivity index is 2.67. The predicted octanol–water partition coefficient (Wildman–Crippen LogP) is 3.64. The molecule has 0 atom stereocenters. The van der Waals surface area contributed by atoms with Gasteiger partial charge in [-0.3, -0.25) is 4.79 Å². The quantitative estimate of drug-likeness (QED) is 0.604. The van der Waals surface area contributed by atoms with E-state index in [2.05, 4.69) is 13.8 Å². The van der Waals surface area contributed by atoms with Gasteiger partial charge in [0.2, 0.25) is 0 Å². The molecule has 1 heteroatoms. The highest BCUT2D eigenvalue weighted by Crippen LogP contribution is 2.28. The molecule has 0 aromatic rings. The van der Waals surface area contributed by atoms with Crippen LogP contribution in [0, 0.1) is 0 Å². The van der Waals surface area contributed by atoms with Crippen molar-refractivity contribution in [1.82, 2.24) is 0 Å². The Hall–Kier alpha value is -0.590. The van der Waals surface area contributed by atoms with Crippen LogP contribution in [0.25, 0.3) is 0 Å². The van der Waals surface area contributed by atoms with Gasteiger partial charge in [-0.05, 0) is 19.3 Å². The molecular formula is C12H20O. The van der Waals surface area contributed by atoms with Crippen LogP contribution in [0.15, 0.2) is 11.1 Å². The van der Waals surface area contributed by atoms with Gasteiger partial charge in [-0.25, -0.2) is 0 Å². The summed E-state index contributed by atoms with van der Waals surface area (Å²) >= 11 is 0. The molecule has 1 aliphatic rings. The molecule has 0 saturated carbocycles. The average molecular weight is 180 g/mol. The van der Waals surface area contributed by atoms with Crippen LogP contribution in [-0.4, -0.2) is 5.78 Å². The Morgan fingerprint density at radius 2 is 1.62 bits per heavy atom. The monoisotopic (exact) mass is 180 g/mol. The number of hydrogen-bond donors (Lipinski definition) is 0. The van der Waals surface area contributed by atoms with Crippen molar-refractivity contribution in [3.05, 3.63) is 11.1 Å². The van der Waals surface area contributed by atoms with Crippen molar-refractivity contribution in [1.29, 1.82) is 0 Å². The first-order valence-corrected chi connectivity index (χ1v) is 5.49. The fraction of sp³-hybridized carbons (Fsp3) is 0.750. The zero-order valence-electron chi connectivity index (χ0n) is 8.86. The molecule has 0 N–H and O–H groups in total. The van der Waals surface area contributed by atoms with Crippen molar-refractivity contribution < 1.29 is 4.79 Å². The molecule has 0 spiro atoms. The van der Waals surface area contributed by atoms with E-state index < -0.39 is 0 Å². The Kier molecular flexibility index (Phi) is 4.20. The van der Waals surface area contributed by atoms with E-state index >= 15 is 0 Å². The van der Waals surface area contributed by atoms with Crippen molar-refractivity contribution in [2.75, 3.05) is 0 Å². The highest BCUT2D eigenvalue weighted by molar-refractivity contribution is 5.82. The number of carbonyl (C=O) groups is 1. The summed E-state index contributed by atoms with van der Waals surface area (Å²) in [6, 6.07) is 0. The van der Waals surface area contributed by atoms with Gasteiger partial charge in [-0.1, -0.05) is 37.8 Å². The van der Waals surface area contributed by atoms with Crippen LogP contribution < -0.4 is 0 Å². The first-order valence-electron chi connectivity index (χ1n) is 5.49. The summed E-state index contributed by atoms with van der Waals surface area (Å²) in [5, 5.41) is 0. The summed E-state index contributed by atoms with van der Waals surface area (Å²) in [4.78, 5) is 11.3. The number of hydrogen-bond acceptors (Lipinski definition) is 1. The summed E-state index contributed by atoms with van der Waals surface area (Å²) in [6.07, 6.45) is 7.34. The molecule has 74 valence electrons. The molecule has 0 aromatic carbocycles. The van der Waals surface area contributed by atoms with Crippen molar-refractivity contribution >= 4 is 5.78 Å². The van der Waals surface area contributed by atoms with Crippen LogP contribution in [0.1, 0.15) is 58.8 Å². The van der Waals surface area contributed by atoms with Gasteiger partial charge < -0.3 is 0 Å². The van der Waals surface area contributed by atoms with Gasteiger partial charge in [0.1, 0.15) is 5.78 Å². The predicted molar refractivity (Wildman–Crippen MR) is 55.7 cm³/mol. The summed E-state index contributed by atoms with van der Waals surface area (Å²) in [7, 11) is 0. The molecular weight excluding hydrogens is 160 g/mol. The topological polar surface area (TPSA) is 17.1 Å².